The van der Waals surface area contributed by atoms with E-state index in [-0.39, 0.29) is 28.5 Å². The number of imide groups is 1. The summed E-state index contributed by atoms with van der Waals surface area (Å²) in [7, 11) is 0. The van der Waals surface area contributed by atoms with Gasteiger partial charge in [0, 0.05) is 23.9 Å². The van der Waals surface area contributed by atoms with Crippen molar-refractivity contribution in [2.45, 2.75) is 72.4 Å². The summed E-state index contributed by atoms with van der Waals surface area (Å²) in [5.41, 5.74) is -0.389. The molecule has 1 aliphatic rings. The number of rotatable bonds is 6. The van der Waals surface area contributed by atoms with Crippen LogP contribution >= 0.6 is 0 Å². The van der Waals surface area contributed by atoms with E-state index in [1.807, 2.05) is 27.7 Å². The molecule has 0 bridgehead atoms. The maximum Gasteiger partial charge on any atom is 0.425 e. The van der Waals surface area contributed by atoms with Crippen LogP contribution in [0.15, 0.2) is 29.3 Å². The van der Waals surface area contributed by atoms with Crippen LogP contribution in [0.3, 0.4) is 0 Å². The highest BCUT2D eigenvalue weighted by molar-refractivity contribution is 6.08. The van der Waals surface area contributed by atoms with Crippen LogP contribution in [0.2, 0.25) is 0 Å². The van der Waals surface area contributed by atoms with Crippen molar-refractivity contribution in [1.82, 2.24) is 14.5 Å². The quantitative estimate of drug-likeness (QED) is 0.573. The number of hydrogen-bond acceptors (Lipinski definition) is 6. The number of amides is 2. The second-order valence-electron chi connectivity index (χ2n) is 10.8. The van der Waals surface area contributed by atoms with Crippen LogP contribution < -0.4 is 10.5 Å². The summed E-state index contributed by atoms with van der Waals surface area (Å²) < 4.78 is 7.18. The maximum atomic E-state index is 12.9. The first-order chi connectivity index (χ1) is 16.2. The number of pyridine rings is 1. The van der Waals surface area contributed by atoms with Crippen LogP contribution in [0.1, 0.15) is 72.5 Å². The summed E-state index contributed by atoms with van der Waals surface area (Å²) in [4.78, 5) is 46.2. The highest BCUT2D eigenvalue weighted by atomic mass is 16.6. The van der Waals surface area contributed by atoms with E-state index >= 15 is 0 Å². The van der Waals surface area contributed by atoms with Gasteiger partial charge in [0.25, 0.3) is 5.56 Å². The van der Waals surface area contributed by atoms with Crippen LogP contribution in [0, 0.1) is 23.7 Å². The summed E-state index contributed by atoms with van der Waals surface area (Å²) in [5.74, 6) is 2.47. The molecule has 0 aliphatic heterocycles. The Morgan fingerprint density at radius 2 is 1.94 bits per heavy atom. The predicted octanol–water partition coefficient (Wildman–Crippen LogP) is 5.09. The van der Waals surface area contributed by atoms with Crippen LogP contribution in [-0.4, -0.2) is 37.4 Å². The fourth-order valence-corrected chi connectivity index (χ4v) is 4.41. The molecular weight excluding hydrogens is 448 g/mol. The maximum absolute atomic E-state index is 12.9. The number of carboxylic acid groups (broad SMARTS) is 1. The van der Waals surface area contributed by atoms with Gasteiger partial charge in [-0.25, -0.2) is 19.6 Å². The first kappa shape index (κ1) is 25.9. The number of ether oxygens (including phenoxy) is 1. The molecule has 2 amide bonds. The fourth-order valence-electron chi connectivity index (χ4n) is 4.41. The zero-order chi connectivity index (χ0) is 26.1. The molecule has 9 nitrogen and oxygen atoms in total. The smallest absolute Gasteiger partial charge is 0.425 e. The van der Waals surface area contributed by atoms with E-state index in [4.69, 9.17) is 11.2 Å². The van der Waals surface area contributed by atoms with Gasteiger partial charge in [0.15, 0.2) is 11.5 Å². The molecule has 35 heavy (non-hydrogen) atoms. The molecule has 2 aromatic rings. The third kappa shape index (κ3) is 6.27. The Hall–Kier alpha value is -3.67. The average Bonchev–Trinajstić information content (AvgIpc) is 3.57. The van der Waals surface area contributed by atoms with Gasteiger partial charge in [-0.15, -0.1) is 6.42 Å². The third-order valence-electron chi connectivity index (χ3n) is 5.77. The van der Waals surface area contributed by atoms with E-state index < -0.39 is 17.8 Å². The average molecular weight is 481 g/mol. The van der Waals surface area contributed by atoms with Gasteiger partial charge in [-0.1, -0.05) is 20.8 Å². The number of carbonyl (C=O) groups is 2. The minimum Gasteiger partial charge on any atom is -0.464 e. The van der Waals surface area contributed by atoms with Crippen LogP contribution in [0.25, 0.3) is 11.3 Å². The van der Waals surface area contributed by atoms with Crippen molar-refractivity contribution in [3.8, 4) is 23.6 Å². The summed E-state index contributed by atoms with van der Waals surface area (Å²) >= 11 is 0. The molecule has 1 saturated carbocycles. The summed E-state index contributed by atoms with van der Waals surface area (Å²) in [6.45, 7) is 11.4. The second-order valence-corrected chi connectivity index (χ2v) is 10.8. The van der Waals surface area contributed by atoms with Crippen molar-refractivity contribution < 1.29 is 19.4 Å². The van der Waals surface area contributed by atoms with Gasteiger partial charge in [-0.05, 0) is 63.4 Å². The molecule has 1 aliphatic carbocycles. The van der Waals surface area contributed by atoms with E-state index in [0.29, 0.717) is 28.5 Å². The lowest BCUT2D eigenvalue weighted by Gasteiger charge is -2.33. The zero-order valence-corrected chi connectivity index (χ0v) is 21.0. The monoisotopic (exact) mass is 480 g/mol. The van der Waals surface area contributed by atoms with Gasteiger partial charge in [0.1, 0.15) is 5.60 Å². The lowest BCUT2D eigenvalue weighted by atomic mass is 9.84. The summed E-state index contributed by atoms with van der Waals surface area (Å²) in [6.07, 6.45) is 8.61. The number of aromatic nitrogens is 3. The molecule has 2 heterocycles. The van der Waals surface area contributed by atoms with E-state index in [0.717, 1.165) is 12.8 Å². The minimum atomic E-state index is -1.59. The molecule has 0 saturated heterocycles. The van der Waals surface area contributed by atoms with Gasteiger partial charge < -0.3 is 14.4 Å². The van der Waals surface area contributed by atoms with Gasteiger partial charge >= 0.3 is 12.2 Å². The minimum absolute atomic E-state index is 0.0514. The molecule has 186 valence electrons. The lowest BCUT2D eigenvalue weighted by molar-refractivity contribution is 0.0145. The van der Waals surface area contributed by atoms with E-state index in [1.54, 1.807) is 30.7 Å². The van der Waals surface area contributed by atoms with Crippen molar-refractivity contribution >= 4 is 18.0 Å². The standard InChI is InChI=1S/C26H32N4O5/c1-8-19-22(30(23(32)33)24(34)35-26(6,7)15-25(3,4)5)27-13-20(28-19)18-11-12-21(31)29(14-18)16(2)17-9-10-17/h1,11-14,16-17H,9-10,15H2,2-7H3,(H,32,33). The van der Waals surface area contributed by atoms with Crippen molar-refractivity contribution in [3.63, 3.8) is 0 Å². The zero-order valence-electron chi connectivity index (χ0n) is 21.0. The molecular formula is C26H32N4O5. The molecule has 0 spiro atoms. The first-order valence-corrected chi connectivity index (χ1v) is 11.5. The van der Waals surface area contributed by atoms with Crippen molar-refractivity contribution in [2.24, 2.45) is 11.3 Å². The van der Waals surface area contributed by atoms with Crippen LogP contribution in [0.5, 0.6) is 0 Å². The Morgan fingerprint density at radius 3 is 2.49 bits per heavy atom. The predicted molar refractivity (Wildman–Crippen MR) is 132 cm³/mol. The molecule has 0 aromatic carbocycles. The van der Waals surface area contributed by atoms with Crippen molar-refractivity contribution in [1.29, 1.82) is 0 Å². The highest BCUT2D eigenvalue weighted by Crippen LogP contribution is 2.39. The topological polar surface area (TPSA) is 115 Å². The number of terminal acetylenes is 1. The molecule has 1 N–H and O–H groups in total. The Labute approximate surface area is 205 Å². The Morgan fingerprint density at radius 1 is 1.29 bits per heavy atom. The molecule has 1 fully saturated rings. The van der Waals surface area contributed by atoms with E-state index in [9.17, 15) is 19.5 Å². The number of carbonyl (C=O) groups excluding carboxylic acids is 1. The molecule has 1 unspecified atom stereocenters. The molecule has 1 atom stereocenters. The van der Waals surface area contributed by atoms with Gasteiger partial charge in [0.2, 0.25) is 0 Å². The molecule has 0 radical (unpaired) electrons. The lowest BCUT2D eigenvalue weighted by Crippen LogP contribution is -2.43. The number of anilines is 1. The third-order valence-corrected chi connectivity index (χ3v) is 5.77. The molecule has 9 heteroatoms. The largest absolute Gasteiger partial charge is 0.464 e. The van der Waals surface area contributed by atoms with Crippen molar-refractivity contribution in [3.05, 3.63) is 40.6 Å². The Kier molecular flexibility index (Phi) is 7.06. The Bertz CT molecular complexity index is 1230. The summed E-state index contributed by atoms with van der Waals surface area (Å²) in [5, 5.41) is 9.77. The van der Waals surface area contributed by atoms with Crippen LogP contribution in [-0.2, 0) is 4.74 Å². The highest BCUT2D eigenvalue weighted by Gasteiger charge is 2.36. The molecule has 2 aromatic heterocycles. The number of nitrogens with zero attached hydrogens (tertiary/aromatic N) is 4. The summed E-state index contributed by atoms with van der Waals surface area (Å²) in [6, 6.07) is 3.12. The van der Waals surface area contributed by atoms with Crippen molar-refractivity contribution in [2.75, 3.05) is 4.90 Å². The number of hydrogen-bond donors (Lipinski definition) is 1. The van der Waals surface area contributed by atoms with Gasteiger partial charge in [-0.3, -0.25) is 4.79 Å². The van der Waals surface area contributed by atoms with Gasteiger partial charge in [0.05, 0.1) is 11.9 Å². The SMILES string of the molecule is C#Cc1nc(-c2ccc(=O)n(C(C)C3CC3)c2)cnc1N(C(=O)O)C(=O)OC(C)(C)CC(C)(C)C. The fraction of sp³-hybridized carbons (Fsp3) is 0.500. The van der Waals surface area contributed by atoms with E-state index in [2.05, 4.69) is 15.9 Å². The molecule has 3 rings (SSSR count). The normalized spacial score (nSPS) is 14.7. The second kappa shape index (κ2) is 9.53. The Balaban J connectivity index is 1.95. The van der Waals surface area contributed by atoms with E-state index in [1.165, 1.54) is 12.3 Å². The first-order valence-electron chi connectivity index (χ1n) is 11.5. The van der Waals surface area contributed by atoms with Gasteiger partial charge in [-0.2, -0.15) is 4.90 Å². The van der Waals surface area contributed by atoms with Crippen LogP contribution in [0.4, 0.5) is 15.4 Å².